The third kappa shape index (κ3) is 10.1. The first-order valence-corrected chi connectivity index (χ1v) is 19.9. The van der Waals surface area contributed by atoms with E-state index in [1.54, 1.807) is 77.7 Å². The van der Waals surface area contributed by atoms with Crippen molar-refractivity contribution in [2.75, 3.05) is 41.3 Å². The Balaban J connectivity index is 0.000000176. The number of benzene rings is 4. The molecule has 4 heterocycles. The monoisotopic (exact) mass is 884 g/mol. The van der Waals surface area contributed by atoms with Gasteiger partial charge in [-0.3, -0.25) is 19.7 Å². The van der Waals surface area contributed by atoms with E-state index in [1.165, 1.54) is 29.2 Å². The summed E-state index contributed by atoms with van der Waals surface area (Å²) in [5.74, 6) is 2.15. The summed E-state index contributed by atoms with van der Waals surface area (Å²) in [4.78, 5) is 86.8. The molecule has 4 N–H and O–H groups in total. The summed E-state index contributed by atoms with van der Waals surface area (Å²) >= 11 is 4.92. The molecule has 4 saturated heterocycles. The number of nitriles is 2. The Labute approximate surface area is 370 Å². The van der Waals surface area contributed by atoms with Crippen LogP contribution in [0.3, 0.4) is 0 Å². The van der Waals surface area contributed by atoms with Gasteiger partial charge >= 0.3 is 23.5 Å². The molecule has 4 fully saturated rings. The molecule has 4 aromatic carbocycles. The Morgan fingerprint density at radius 2 is 1.25 bits per heavy atom. The van der Waals surface area contributed by atoms with E-state index in [1.807, 2.05) is 12.1 Å². The second-order valence-electron chi connectivity index (χ2n) is 14.6. The van der Waals surface area contributed by atoms with Gasteiger partial charge in [-0.25, -0.2) is 29.0 Å². The number of rotatable bonds is 5. The molecular formula is C44H37ClN10O9. The number of carbonyl (C=O) groups excluding carboxylic acids is 6. The largest absolute Gasteiger partial charge is 0.414 e. The van der Waals surface area contributed by atoms with Crippen LogP contribution in [0.25, 0.3) is 0 Å². The molecule has 4 aromatic rings. The number of carbonyl (C=O) groups is 6. The maximum atomic E-state index is 13.1. The summed E-state index contributed by atoms with van der Waals surface area (Å²) in [6.07, 6.45) is 7.21. The molecule has 0 radical (unpaired) electrons. The predicted molar refractivity (Wildman–Crippen MR) is 231 cm³/mol. The highest BCUT2D eigenvalue weighted by molar-refractivity contribution is 6.61. The lowest BCUT2D eigenvalue weighted by molar-refractivity contribution is -0.384. The van der Waals surface area contributed by atoms with E-state index in [9.17, 15) is 38.9 Å². The highest BCUT2D eigenvalue weighted by Crippen LogP contribution is 2.34. The summed E-state index contributed by atoms with van der Waals surface area (Å²) in [5, 5.41) is 39.6. The molecule has 64 heavy (non-hydrogen) atoms. The first-order valence-electron chi connectivity index (χ1n) is 19.5. The van der Waals surface area contributed by atoms with Gasteiger partial charge in [-0.2, -0.15) is 10.5 Å². The number of piperidine rings is 2. The van der Waals surface area contributed by atoms with Crippen molar-refractivity contribution in [1.82, 2.24) is 20.9 Å². The summed E-state index contributed by atoms with van der Waals surface area (Å²) in [6.45, 7) is 2.06. The summed E-state index contributed by atoms with van der Waals surface area (Å²) in [6, 6.07) is 27.6. The second kappa shape index (κ2) is 19.6. The van der Waals surface area contributed by atoms with Crippen LogP contribution in [0.2, 0.25) is 0 Å². The first kappa shape index (κ1) is 45.2. The molecule has 0 aromatic heterocycles. The van der Waals surface area contributed by atoms with Gasteiger partial charge < -0.3 is 30.9 Å². The van der Waals surface area contributed by atoms with E-state index in [0.717, 1.165) is 4.90 Å². The van der Waals surface area contributed by atoms with E-state index in [0.29, 0.717) is 85.6 Å². The number of ether oxygens (including phenoxy) is 1. The van der Waals surface area contributed by atoms with Gasteiger partial charge in [-0.1, -0.05) is 12.0 Å². The van der Waals surface area contributed by atoms with Gasteiger partial charge in [-0.15, -0.1) is 6.42 Å². The molecule has 8 amide bonds. The van der Waals surface area contributed by atoms with Gasteiger partial charge in [-0.05, 0) is 118 Å². The fraction of sp³-hybridized carbons (Fsp3) is 0.227. The molecule has 0 atom stereocenters. The molecule has 4 aliphatic rings. The summed E-state index contributed by atoms with van der Waals surface area (Å²) < 4.78 is 4.45. The number of nitrogens with one attached hydrogen (secondary N) is 4. The van der Waals surface area contributed by atoms with Crippen molar-refractivity contribution in [2.45, 2.75) is 36.8 Å². The van der Waals surface area contributed by atoms with Gasteiger partial charge in [0, 0.05) is 48.1 Å². The normalized spacial score (nSPS) is 16.7. The van der Waals surface area contributed by atoms with E-state index in [-0.39, 0.29) is 35.3 Å². The Bertz CT molecular complexity index is 2610. The number of non-ortho nitro benzene ring substituents is 1. The number of nitro groups is 1. The lowest BCUT2D eigenvalue weighted by Crippen LogP contribution is -2.56. The third-order valence-corrected chi connectivity index (χ3v) is 10.8. The van der Waals surface area contributed by atoms with E-state index < -0.39 is 27.5 Å². The van der Waals surface area contributed by atoms with E-state index >= 15 is 0 Å². The van der Waals surface area contributed by atoms with Crippen molar-refractivity contribution in [3.05, 3.63) is 124 Å². The summed E-state index contributed by atoms with van der Waals surface area (Å²) in [5.41, 5.74) is 0.254. The predicted octanol–water partition coefficient (Wildman–Crippen LogP) is 5.73. The molecule has 20 heteroatoms. The Morgan fingerprint density at radius 1 is 0.750 bits per heavy atom. The molecule has 8 rings (SSSR count). The second-order valence-corrected chi connectivity index (χ2v) is 14.9. The smallest absolute Gasteiger partial charge is 0.409 e. The number of likely N-dealkylation sites (tertiary alicyclic amines) is 1. The standard InChI is InChI=1S/C23H19N5O3.C14H14N4O2.C7H4ClNO4/c1-2-16-4-3-5-18(14-16)25-21(30)27-12-10-23(11-13-27)20(29)28(22(31)26-23)19-8-6-17(15-24)7-9-19;15-9-10-1-3-11(4-2-10)18-12(19)14(17-13(18)20)5-7-16-8-6-14;8-7(10)13-6-3-1-5(2-4-6)9(11)12/h1,3-9,14H,10-13H2,(H,25,30)(H,26,31);1-4,16H,5-8H2,(H,17,20);1-4H. The fourth-order valence-corrected chi connectivity index (χ4v) is 7.41. The molecule has 4 aliphatic heterocycles. The van der Waals surface area contributed by atoms with E-state index in [2.05, 4.69) is 31.9 Å². The molecule has 2 spiro atoms. The maximum Gasteiger partial charge on any atom is 0.409 e. The quantitative estimate of drug-likeness (QED) is 0.0616. The van der Waals surface area contributed by atoms with E-state index in [4.69, 9.17) is 28.5 Å². The highest BCUT2D eigenvalue weighted by Gasteiger charge is 2.54. The molecule has 0 saturated carbocycles. The van der Waals surface area contributed by atoms with Crippen molar-refractivity contribution in [3.8, 4) is 30.2 Å². The number of imide groups is 2. The zero-order chi connectivity index (χ0) is 46.0. The van der Waals surface area contributed by atoms with Crippen LogP contribution in [0.4, 0.5) is 41.9 Å². The number of anilines is 3. The number of nitrogens with zero attached hydrogens (tertiary/aromatic N) is 6. The average molecular weight is 885 g/mol. The van der Waals surface area contributed by atoms with Crippen LogP contribution in [0.15, 0.2) is 97.1 Å². The lowest BCUT2D eigenvalue weighted by atomic mass is 9.87. The van der Waals surface area contributed by atoms with Crippen molar-refractivity contribution in [1.29, 1.82) is 10.5 Å². The Kier molecular flexibility index (Phi) is 13.8. The van der Waals surface area contributed by atoms with Crippen LogP contribution in [0.5, 0.6) is 5.75 Å². The van der Waals surface area contributed by atoms with Gasteiger partial charge in [0.2, 0.25) is 0 Å². The number of urea groups is 3. The molecule has 324 valence electrons. The van der Waals surface area contributed by atoms with Crippen LogP contribution < -0.4 is 35.8 Å². The minimum atomic E-state index is -1.04. The highest BCUT2D eigenvalue weighted by atomic mass is 35.5. The van der Waals surface area contributed by atoms with Crippen LogP contribution >= 0.6 is 11.6 Å². The fourth-order valence-electron chi connectivity index (χ4n) is 7.32. The van der Waals surface area contributed by atoms with Crippen molar-refractivity contribution < 1.29 is 38.4 Å². The van der Waals surface area contributed by atoms with Crippen LogP contribution in [0, 0.1) is 45.1 Å². The molecule has 0 aliphatic carbocycles. The zero-order valence-corrected chi connectivity index (χ0v) is 34.5. The number of nitro benzene ring substituents is 1. The van der Waals surface area contributed by atoms with Crippen LogP contribution in [-0.2, 0) is 9.59 Å². The van der Waals surface area contributed by atoms with Crippen molar-refractivity contribution in [3.63, 3.8) is 0 Å². The van der Waals surface area contributed by atoms with Crippen LogP contribution in [-0.4, -0.2) is 82.4 Å². The lowest BCUT2D eigenvalue weighted by Gasteiger charge is -2.37. The molecule has 19 nitrogen and oxygen atoms in total. The number of hydrogen-bond acceptors (Lipinski definition) is 12. The zero-order valence-electron chi connectivity index (χ0n) is 33.7. The van der Waals surface area contributed by atoms with Gasteiger partial charge in [0.05, 0.1) is 39.6 Å². The SMILES string of the molecule is C#Cc1cccc(NC(=O)N2CCC3(CC2)NC(=O)N(c2ccc(C#N)cc2)C3=O)c1.N#Cc1ccc(N2C(=O)NC3(CCNCC3)C2=O)cc1.O=C(Cl)Oc1ccc([N+](=O)[O-])cc1. The van der Waals surface area contributed by atoms with Gasteiger partial charge in [0.1, 0.15) is 16.8 Å². The minimum absolute atomic E-state index is 0.0747. The van der Waals surface area contributed by atoms with Crippen LogP contribution in [0.1, 0.15) is 42.4 Å². The Hall–Kier alpha value is -8.31. The van der Waals surface area contributed by atoms with Crippen molar-refractivity contribution in [2.24, 2.45) is 0 Å². The Morgan fingerprint density at radius 3 is 1.70 bits per heavy atom. The average Bonchev–Trinajstić information content (AvgIpc) is 3.68. The number of terminal acetylenes is 1. The van der Waals surface area contributed by atoms with Crippen molar-refractivity contribution >= 4 is 69.7 Å². The van der Waals surface area contributed by atoms with Gasteiger partial charge in [0.15, 0.2) is 0 Å². The number of halogens is 1. The first-order chi connectivity index (χ1) is 30.7. The molecular weight excluding hydrogens is 848 g/mol. The maximum absolute atomic E-state index is 13.1. The van der Waals surface area contributed by atoms with Gasteiger partial charge in [0.25, 0.3) is 17.5 Å². The minimum Gasteiger partial charge on any atom is -0.414 e. The third-order valence-electron chi connectivity index (χ3n) is 10.7. The summed E-state index contributed by atoms with van der Waals surface area (Å²) in [7, 11) is 0. The topological polar surface area (TPSA) is 260 Å². The number of amides is 8. The number of hydrogen-bond donors (Lipinski definition) is 4. The molecule has 0 unspecified atom stereocenters. The molecule has 0 bridgehead atoms.